The number of unbranched alkanes of at least 4 members (excludes halogenated alkanes) is 2. The summed E-state index contributed by atoms with van der Waals surface area (Å²) in [7, 11) is 0. The van der Waals surface area contributed by atoms with Gasteiger partial charge in [0, 0.05) is 17.8 Å². The van der Waals surface area contributed by atoms with Gasteiger partial charge in [0.15, 0.2) is 11.6 Å². The number of pyridine rings is 1. The van der Waals surface area contributed by atoms with Crippen molar-refractivity contribution < 1.29 is 19.4 Å². The predicted molar refractivity (Wildman–Crippen MR) is 136 cm³/mol. The molecule has 2 aliphatic rings. The van der Waals surface area contributed by atoms with E-state index in [2.05, 4.69) is 22.3 Å². The maximum Gasteiger partial charge on any atom is 0.311 e. The summed E-state index contributed by atoms with van der Waals surface area (Å²) in [5, 5.41) is 23.6. The molecule has 3 heterocycles. The number of carboxylic acid groups (broad SMARTS) is 1. The normalized spacial score (nSPS) is 17.5. The lowest BCUT2D eigenvalue weighted by Gasteiger charge is -2.35. The standard InChI is InChI=1S/C28H38FN3O3/c1-2-19-17-23(26(33)24(29)18-19)25(28(34)35)20-11-15-32(16-12-20)14-5-3-4-8-22-10-9-21-7-6-13-30-27(21)31-22/h9-10,17-18,20,25,33H,2-8,11-16H2,1H3,(H,30,31)(H,34,35)/t25-/m1/s1. The number of anilines is 1. The number of phenolic OH excluding ortho intramolecular Hbond substituents is 1. The van der Waals surface area contributed by atoms with Gasteiger partial charge in [-0.15, -0.1) is 0 Å². The van der Waals surface area contributed by atoms with Gasteiger partial charge < -0.3 is 20.4 Å². The summed E-state index contributed by atoms with van der Waals surface area (Å²) >= 11 is 0. The van der Waals surface area contributed by atoms with Gasteiger partial charge in [0.1, 0.15) is 5.82 Å². The number of nitrogens with one attached hydrogen (secondary N) is 1. The first-order valence-electron chi connectivity index (χ1n) is 13.2. The molecular formula is C28H38FN3O3. The molecule has 35 heavy (non-hydrogen) atoms. The first-order chi connectivity index (χ1) is 17.0. The van der Waals surface area contributed by atoms with E-state index in [1.54, 1.807) is 6.07 Å². The fourth-order valence-electron chi connectivity index (χ4n) is 5.54. The Bertz CT molecular complexity index is 1020. The third kappa shape index (κ3) is 6.31. The highest BCUT2D eigenvalue weighted by Crippen LogP contribution is 2.39. The van der Waals surface area contributed by atoms with E-state index in [1.807, 2.05) is 6.92 Å². The van der Waals surface area contributed by atoms with Gasteiger partial charge in [-0.25, -0.2) is 9.37 Å². The Kier molecular flexibility index (Phi) is 8.60. The number of rotatable bonds is 10. The molecule has 0 spiro atoms. The van der Waals surface area contributed by atoms with Crippen molar-refractivity contribution in [2.45, 2.75) is 70.6 Å². The zero-order chi connectivity index (χ0) is 24.8. The van der Waals surface area contributed by atoms with Gasteiger partial charge in [-0.1, -0.05) is 25.5 Å². The second kappa shape index (κ2) is 11.8. The quantitative estimate of drug-likeness (QED) is 0.406. The number of benzene rings is 1. The first kappa shape index (κ1) is 25.4. The highest BCUT2D eigenvalue weighted by molar-refractivity contribution is 5.78. The SMILES string of the molecule is CCc1cc(F)c(O)c([C@H](C(=O)O)C2CCN(CCCCCc3ccc4c(n3)NCCC4)CC2)c1. The molecule has 4 rings (SSSR count). The van der Waals surface area contributed by atoms with Crippen LogP contribution in [0.2, 0.25) is 0 Å². The topological polar surface area (TPSA) is 85.7 Å². The number of carboxylic acids is 1. The monoisotopic (exact) mass is 483 g/mol. The average Bonchev–Trinajstić information content (AvgIpc) is 2.87. The van der Waals surface area contributed by atoms with E-state index in [4.69, 9.17) is 4.98 Å². The van der Waals surface area contributed by atoms with Crippen LogP contribution in [0.3, 0.4) is 0 Å². The molecular weight excluding hydrogens is 445 g/mol. The molecule has 0 bridgehead atoms. The first-order valence-corrected chi connectivity index (χ1v) is 13.2. The fraction of sp³-hybridized carbons (Fsp3) is 0.571. The average molecular weight is 484 g/mol. The van der Waals surface area contributed by atoms with Gasteiger partial charge in [-0.05, 0) is 100 Å². The van der Waals surface area contributed by atoms with Gasteiger partial charge in [-0.3, -0.25) is 4.79 Å². The van der Waals surface area contributed by atoms with Crippen LogP contribution in [0.25, 0.3) is 0 Å². The highest BCUT2D eigenvalue weighted by Gasteiger charge is 2.35. The molecule has 2 aliphatic heterocycles. The van der Waals surface area contributed by atoms with Crippen LogP contribution < -0.4 is 5.32 Å². The lowest BCUT2D eigenvalue weighted by Crippen LogP contribution is -2.37. The van der Waals surface area contributed by atoms with Crippen LogP contribution in [-0.2, 0) is 24.1 Å². The maximum absolute atomic E-state index is 14.2. The number of hydrogen-bond donors (Lipinski definition) is 3. The molecule has 7 heteroatoms. The Morgan fingerprint density at radius 3 is 2.77 bits per heavy atom. The largest absolute Gasteiger partial charge is 0.505 e. The van der Waals surface area contributed by atoms with Crippen LogP contribution >= 0.6 is 0 Å². The smallest absolute Gasteiger partial charge is 0.311 e. The molecule has 1 fully saturated rings. The molecule has 0 unspecified atom stereocenters. The van der Waals surface area contributed by atoms with Crippen molar-refractivity contribution in [2.75, 3.05) is 31.5 Å². The third-order valence-electron chi connectivity index (χ3n) is 7.62. The van der Waals surface area contributed by atoms with Crippen LogP contribution in [0.4, 0.5) is 10.2 Å². The Hall–Kier alpha value is -2.67. The van der Waals surface area contributed by atoms with E-state index >= 15 is 0 Å². The molecule has 190 valence electrons. The van der Waals surface area contributed by atoms with Crippen LogP contribution in [0, 0.1) is 11.7 Å². The molecule has 1 saturated heterocycles. The van der Waals surface area contributed by atoms with Crippen molar-refractivity contribution >= 4 is 11.8 Å². The number of likely N-dealkylation sites (tertiary alicyclic amines) is 1. The summed E-state index contributed by atoms with van der Waals surface area (Å²) in [5.74, 6) is -2.15. The van der Waals surface area contributed by atoms with Gasteiger partial charge in [0.25, 0.3) is 0 Å². The molecule has 6 nitrogen and oxygen atoms in total. The molecule has 1 aromatic carbocycles. The number of halogens is 1. The predicted octanol–water partition coefficient (Wildman–Crippen LogP) is 5.14. The van der Waals surface area contributed by atoms with Crippen LogP contribution in [0.15, 0.2) is 24.3 Å². The number of carbonyl (C=O) groups is 1. The molecule has 2 aromatic rings. The fourth-order valence-corrected chi connectivity index (χ4v) is 5.54. The number of piperidine rings is 1. The number of hydrogen-bond acceptors (Lipinski definition) is 5. The van der Waals surface area contributed by atoms with E-state index in [0.717, 1.165) is 82.6 Å². The second-order valence-electron chi connectivity index (χ2n) is 10.0. The summed E-state index contributed by atoms with van der Waals surface area (Å²) < 4.78 is 14.2. The minimum Gasteiger partial charge on any atom is -0.505 e. The van der Waals surface area contributed by atoms with E-state index in [1.165, 1.54) is 18.1 Å². The van der Waals surface area contributed by atoms with E-state index < -0.39 is 23.5 Å². The zero-order valence-corrected chi connectivity index (χ0v) is 20.7. The second-order valence-corrected chi connectivity index (χ2v) is 10.0. The molecule has 3 N–H and O–H groups in total. The molecule has 0 amide bonds. The Labute approximate surface area is 207 Å². The Balaban J connectivity index is 1.22. The molecule has 0 radical (unpaired) electrons. The van der Waals surface area contributed by atoms with Gasteiger partial charge in [0.05, 0.1) is 5.92 Å². The summed E-state index contributed by atoms with van der Waals surface area (Å²) in [6.45, 7) is 5.59. The number of nitrogens with zero attached hydrogens (tertiary/aromatic N) is 2. The summed E-state index contributed by atoms with van der Waals surface area (Å²) in [6.07, 6.45) is 8.71. The number of fused-ring (bicyclic) bond motifs is 1. The summed E-state index contributed by atoms with van der Waals surface area (Å²) in [4.78, 5) is 19.3. The van der Waals surface area contributed by atoms with Gasteiger partial charge in [0.2, 0.25) is 0 Å². The van der Waals surface area contributed by atoms with E-state index in [0.29, 0.717) is 12.0 Å². The van der Waals surface area contributed by atoms with Crippen molar-refractivity contribution in [2.24, 2.45) is 5.92 Å². The van der Waals surface area contributed by atoms with Crippen molar-refractivity contribution in [3.05, 3.63) is 52.5 Å². The van der Waals surface area contributed by atoms with Gasteiger partial charge >= 0.3 is 5.97 Å². The molecule has 1 atom stereocenters. The number of aryl methyl sites for hydroxylation is 3. The molecule has 0 saturated carbocycles. The lowest BCUT2D eigenvalue weighted by atomic mass is 9.79. The van der Waals surface area contributed by atoms with E-state index in [-0.39, 0.29) is 11.5 Å². The number of aliphatic carboxylic acids is 1. The minimum atomic E-state index is -0.989. The van der Waals surface area contributed by atoms with Crippen molar-refractivity contribution in [3.8, 4) is 5.75 Å². The Morgan fingerprint density at radius 2 is 2.03 bits per heavy atom. The minimum absolute atomic E-state index is 0.107. The number of phenols is 1. The number of aromatic nitrogens is 1. The van der Waals surface area contributed by atoms with Crippen molar-refractivity contribution in [1.82, 2.24) is 9.88 Å². The summed E-state index contributed by atoms with van der Waals surface area (Å²) in [5.41, 5.74) is 3.41. The zero-order valence-electron chi connectivity index (χ0n) is 20.7. The van der Waals surface area contributed by atoms with E-state index in [9.17, 15) is 19.4 Å². The van der Waals surface area contributed by atoms with Crippen LogP contribution in [0.1, 0.15) is 73.8 Å². The van der Waals surface area contributed by atoms with Gasteiger partial charge in [-0.2, -0.15) is 0 Å². The van der Waals surface area contributed by atoms with Crippen LogP contribution in [0.5, 0.6) is 5.75 Å². The highest BCUT2D eigenvalue weighted by atomic mass is 19.1. The summed E-state index contributed by atoms with van der Waals surface area (Å²) in [6, 6.07) is 7.33. The Morgan fingerprint density at radius 1 is 1.23 bits per heavy atom. The molecule has 1 aromatic heterocycles. The maximum atomic E-state index is 14.2. The number of aromatic hydroxyl groups is 1. The lowest BCUT2D eigenvalue weighted by molar-refractivity contribution is -0.140. The van der Waals surface area contributed by atoms with Crippen molar-refractivity contribution in [1.29, 1.82) is 0 Å². The van der Waals surface area contributed by atoms with Crippen molar-refractivity contribution in [3.63, 3.8) is 0 Å². The third-order valence-corrected chi connectivity index (χ3v) is 7.62. The van der Waals surface area contributed by atoms with Crippen LogP contribution in [-0.4, -0.2) is 52.2 Å². The molecule has 0 aliphatic carbocycles.